The van der Waals surface area contributed by atoms with Gasteiger partial charge in [0.2, 0.25) is 0 Å². The van der Waals surface area contributed by atoms with Gasteiger partial charge in [0.25, 0.3) is 5.91 Å². The Morgan fingerprint density at radius 2 is 2.17 bits per heavy atom. The van der Waals surface area contributed by atoms with Gasteiger partial charge in [-0.1, -0.05) is 6.07 Å². The zero-order valence-corrected chi connectivity index (χ0v) is 10.5. The van der Waals surface area contributed by atoms with Crippen LogP contribution >= 0.6 is 11.3 Å². The molecule has 0 saturated heterocycles. The van der Waals surface area contributed by atoms with E-state index in [9.17, 15) is 9.18 Å². The van der Waals surface area contributed by atoms with E-state index in [2.05, 4.69) is 10.6 Å². The monoisotopic (exact) mass is 262 g/mol. The van der Waals surface area contributed by atoms with Crippen molar-refractivity contribution in [1.82, 2.24) is 0 Å². The van der Waals surface area contributed by atoms with Gasteiger partial charge in [0.05, 0.1) is 11.4 Å². The van der Waals surface area contributed by atoms with Crippen LogP contribution in [0.1, 0.15) is 16.5 Å². The van der Waals surface area contributed by atoms with Crippen LogP contribution in [0.4, 0.5) is 15.8 Å². The minimum absolute atomic E-state index is 0.159. The van der Waals surface area contributed by atoms with Gasteiger partial charge in [-0.05, 0) is 36.1 Å². The van der Waals surface area contributed by atoms with Crippen molar-refractivity contribution in [2.24, 2.45) is 0 Å². The van der Waals surface area contributed by atoms with Crippen LogP contribution in [0.15, 0.2) is 29.6 Å². The average Bonchev–Trinajstić information content (AvgIpc) is 2.84. The summed E-state index contributed by atoms with van der Waals surface area (Å²) in [6.45, 7) is 1.70. The number of aryl methyl sites for hydroxylation is 1. The third kappa shape index (κ3) is 1.76. The number of amides is 1. The number of anilines is 2. The maximum atomic E-state index is 13.4. The molecule has 0 radical (unpaired) electrons. The van der Waals surface area contributed by atoms with Crippen LogP contribution in [0, 0.1) is 12.7 Å². The molecule has 0 fully saturated rings. The SMILES string of the molecule is Cc1cc2c(cc1F)NC(=O)C(c1cccs1)N2. The molecule has 5 heteroatoms. The van der Waals surface area contributed by atoms with Crippen molar-refractivity contribution in [3.8, 4) is 0 Å². The molecular weight excluding hydrogens is 251 g/mol. The van der Waals surface area contributed by atoms with E-state index in [1.807, 2.05) is 17.5 Å². The largest absolute Gasteiger partial charge is 0.368 e. The average molecular weight is 262 g/mol. The van der Waals surface area contributed by atoms with E-state index in [-0.39, 0.29) is 11.7 Å². The molecule has 92 valence electrons. The number of nitrogens with one attached hydrogen (secondary N) is 2. The van der Waals surface area contributed by atoms with Crippen molar-refractivity contribution >= 4 is 28.6 Å². The van der Waals surface area contributed by atoms with Gasteiger partial charge >= 0.3 is 0 Å². The van der Waals surface area contributed by atoms with Crippen LogP contribution in [0.3, 0.4) is 0 Å². The summed E-state index contributed by atoms with van der Waals surface area (Å²) in [5.41, 5.74) is 1.81. The standard InChI is InChI=1S/C13H11FN2OS/c1-7-5-9-10(6-8(7)14)16-13(17)12(15-9)11-3-2-4-18-11/h2-6,12,15H,1H3,(H,16,17). The Bertz CT molecular complexity index is 610. The summed E-state index contributed by atoms with van der Waals surface area (Å²) in [6.07, 6.45) is 0. The fourth-order valence-electron chi connectivity index (χ4n) is 1.99. The summed E-state index contributed by atoms with van der Waals surface area (Å²) >= 11 is 1.52. The van der Waals surface area contributed by atoms with Crippen LogP contribution < -0.4 is 10.6 Å². The summed E-state index contributed by atoms with van der Waals surface area (Å²) < 4.78 is 13.4. The molecule has 3 nitrogen and oxygen atoms in total. The molecule has 1 aromatic heterocycles. The third-order valence-electron chi connectivity index (χ3n) is 2.95. The van der Waals surface area contributed by atoms with Crippen molar-refractivity contribution in [2.45, 2.75) is 13.0 Å². The lowest BCUT2D eigenvalue weighted by Crippen LogP contribution is -2.31. The van der Waals surface area contributed by atoms with Gasteiger partial charge < -0.3 is 10.6 Å². The summed E-state index contributed by atoms with van der Waals surface area (Å²) in [5.74, 6) is -0.473. The fraction of sp³-hybridized carbons (Fsp3) is 0.154. The van der Waals surface area contributed by atoms with E-state index in [4.69, 9.17) is 0 Å². The molecule has 2 aromatic rings. The van der Waals surface area contributed by atoms with Gasteiger partial charge in [0, 0.05) is 4.88 Å². The van der Waals surface area contributed by atoms with Crippen molar-refractivity contribution in [3.63, 3.8) is 0 Å². The van der Waals surface area contributed by atoms with E-state index >= 15 is 0 Å². The Morgan fingerprint density at radius 3 is 2.89 bits per heavy atom. The number of halogens is 1. The second kappa shape index (κ2) is 4.10. The highest BCUT2D eigenvalue weighted by molar-refractivity contribution is 7.10. The van der Waals surface area contributed by atoms with Gasteiger partial charge in [-0.25, -0.2) is 4.39 Å². The number of thiophene rings is 1. The van der Waals surface area contributed by atoms with E-state index in [1.54, 1.807) is 13.0 Å². The van der Waals surface area contributed by atoms with Crippen LogP contribution in [0.2, 0.25) is 0 Å². The molecular formula is C13H11FN2OS. The van der Waals surface area contributed by atoms with Crippen molar-refractivity contribution in [3.05, 3.63) is 45.9 Å². The highest BCUT2D eigenvalue weighted by Gasteiger charge is 2.28. The zero-order chi connectivity index (χ0) is 12.7. The number of rotatable bonds is 1. The lowest BCUT2D eigenvalue weighted by molar-refractivity contribution is -0.117. The summed E-state index contributed by atoms with van der Waals surface area (Å²) in [6, 6.07) is 6.47. The van der Waals surface area contributed by atoms with Crippen molar-refractivity contribution in [1.29, 1.82) is 0 Å². The second-order valence-corrected chi connectivity index (χ2v) is 5.21. The van der Waals surface area contributed by atoms with Crippen LogP contribution in [0.5, 0.6) is 0 Å². The van der Waals surface area contributed by atoms with Crippen molar-refractivity contribution in [2.75, 3.05) is 10.6 Å². The van der Waals surface area contributed by atoms with E-state index < -0.39 is 6.04 Å². The lowest BCUT2D eigenvalue weighted by atomic mass is 10.1. The molecule has 0 aliphatic carbocycles. The maximum absolute atomic E-state index is 13.4. The Morgan fingerprint density at radius 1 is 1.33 bits per heavy atom. The molecule has 0 spiro atoms. The molecule has 1 aliphatic heterocycles. The number of fused-ring (bicyclic) bond motifs is 1. The number of carbonyl (C=O) groups excluding carboxylic acids is 1. The molecule has 1 aliphatic rings. The first-order valence-corrected chi connectivity index (χ1v) is 6.44. The van der Waals surface area contributed by atoms with E-state index in [0.29, 0.717) is 11.3 Å². The molecule has 1 amide bonds. The minimum Gasteiger partial charge on any atom is -0.368 e. The first-order valence-electron chi connectivity index (χ1n) is 5.56. The number of benzene rings is 1. The lowest BCUT2D eigenvalue weighted by Gasteiger charge is -2.26. The Labute approximate surface area is 108 Å². The Kier molecular flexibility index (Phi) is 2.56. The number of hydrogen-bond donors (Lipinski definition) is 2. The fourth-order valence-corrected chi connectivity index (χ4v) is 2.76. The minimum atomic E-state index is -0.401. The van der Waals surface area contributed by atoms with Gasteiger partial charge in [-0.2, -0.15) is 0 Å². The molecule has 1 unspecified atom stereocenters. The molecule has 1 aromatic carbocycles. The van der Waals surface area contributed by atoms with Gasteiger partial charge in [-0.3, -0.25) is 4.79 Å². The van der Waals surface area contributed by atoms with Crippen LogP contribution in [0.25, 0.3) is 0 Å². The predicted octanol–water partition coefficient (Wildman–Crippen LogP) is 3.30. The van der Waals surface area contributed by atoms with Crippen LogP contribution in [-0.4, -0.2) is 5.91 Å². The second-order valence-electron chi connectivity index (χ2n) is 4.23. The molecule has 2 N–H and O–H groups in total. The van der Waals surface area contributed by atoms with E-state index in [0.717, 1.165) is 10.6 Å². The zero-order valence-electron chi connectivity index (χ0n) is 9.66. The first-order chi connectivity index (χ1) is 8.65. The Hall–Kier alpha value is -1.88. The summed E-state index contributed by atoms with van der Waals surface area (Å²) in [7, 11) is 0. The summed E-state index contributed by atoms with van der Waals surface area (Å²) in [4.78, 5) is 12.9. The molecule has 3 rings (SSSR count). The normalized spacial score (nSPS) is 17.9. The highest BCUT2D eigenvalue weighted by Crippen LogP contribution is 2.35. The molecule has 1 atom stereocenters. The molecule has 18 heavy (non-hydrogen) atoms. The maximum Gasteiger partial charge on any atom is 0.252 e. The van der Waals surface area contributed by atoms with Crippen LogP contribution in [-0.2, 0) is 4.79 Å². The Balaban J connectivity index is 2.01. The van der Waals surface area contributed by atoms with Gasteiger partial charge in [0.15, 0.2) is 0 Å². The topological polar surface area (TPSA) is 41.1 Å². The van der Waals surface area contributed by atoms with Gasteiger partial charge in [0.1, 0.15) is 11.9 Å². The quantitative estimate of drug-likeness (QED) is 0.828. The smallest absolute Gasteiger partial charge is 0.252 e. The third-order valence-corrected chi connectivity index (χ3v) is 3.88. The highest BCUT2D eigenvalue weighted by atomic mass is 32.1. The molecule has 0 bridgehead atoms. The molecule has 0 saturated carbocycles. The molecule has 2 heterocycles. The predicted molar refractivity (Wildman–Crippen MR) is 70.4 cm³/mol. The van der Waals surface area contributed by atoms with Crippen molar-refractivity contribution < 1.29 is 9.18 Å². The number of carbonyl (C=O) groups is 1. The van der Waals surface area contributed by atoms with Gasteiger partial charge in [-0.15, -0.1) is 11.3 Å². The van der Waals surface area contributed by atoms with E-state index in [1.165, 1.54) is 17.4 Å². The first kappa shape index (κ1) is 11.2. The summed E-state index contributed by atoms with van der Waals surface area (Å²) in [5, 5.41) is 7.81. The number of hydrogen-bond acceptors (Lipinski definition) is 3.